The summed E-state index contributed by atoms with van der Waals surface area (Å²) in [5.41, 5.74) is 0.156. The van der Waals surface area contributed by atoms with Crippen molar-refractivity contribution in [3.8, 4) is 0 Å². The molecule has 1 atom stereocenters. The number of aliphatic carboxylic acids is 1. The number of likely N-dealkylation sites (N-methyl/N-ethyl adjacent to an activating group) is 1. The highest BCUT2D eigenvalue weighted by Crippen LogP contribution is 2.21. The van der Waals surface area contributed by atoms with E-state index in [2.05, 4.69) is 20.8 Å². The predicted octanol–water partition coefficient (Wildman–Crippen LogP) is 1.06. The van der Waals surface area contributed by atoms with Crippen molar-refractivity contribution in [2.75, 3.05) is 39.8 Å². The van der Waals surface area contributed by atoms with Crippen LogP contribution in [0.15, 0.2) is 0 Å². The average molecular weight is 300 g/mol. The van der Waals surface area contributed by atoms with Gasteiger partial charge in [0.25, 0.3) is 0 Å². The second-order valence-corrected chi connectivity index (χ2v) is 6.98. The van der Waals surface area contributed by atoms with E-state index in [0.29, 0.717) is 32.7 Å². The fourth-order valence-corrected chi connectivity index (χ4v) is 2.34. The largest absolute Gasteiger partial charge is 0.480 e. The lowest BCUT2D eigenvalue weighted by molar-refractivity contribution is -0.142. The fraction of sp³-hybridized carbons (Fsp3) is 0.867. The highest BCUT2D eigenvalue weighted by atomic mass is 16.5. The monoisotopic (exact) mass is 300 g/mol. The van der Waals surface area contributed by atoms with Crippen LogP contribution in [0.4, 0.5) is 0 Å². The molecule has 0 saturated carbocycles. The summed E-state index contributed by atoms with van der Waals surface area (Å²) in [6, 6.07) is 0. The first-order chi connectivity index (χ1) is 9.67. The summed E-state index contributed by atoms with van der Waals surface area (Å²) in [5.74, 6) is -0.689. The van der Waals surface area contributed by atoms with Crippen molar-refractivity contribution in [1.29, 1.82) is 0 Å². The highest BCUT2D eigenvalue weighted by molar-refractivity contribution is 5.76. The molecule has 1 fully saturated rings. The molecule has 1 heterocycles. The van der Waals surface area contributed by atoms with Gasteiger partial charge in [-0.1, -0.05) is 20.8 Å². The summed E-state index contributed by atoms with van der Waals surface area (Å²) in [4.78, 5) is 26.4. The van der Waals surface area contributed by atoms with Gasteiger partial charge in [0.2, 0.25) is 5.91 Å². The smallest absolute Gasteiger partial charge is 0.317 e. The van der Waals surface area contributed by atoms with E-state index >= 15 is 0 Å². The van der Waals surface area contributed by atoms with Crippen LogP contribution in [0, 0.1) is 5.41 Å². The zero-order valence-electron chi connectivity index (χ0n) is 13.6. The Balaban J connectivity index is 2.41. The van der Waals surface area contributed by atoms with E-state index in [4.69, 9.17) is 9.84 Å². The first kappa shape index (κ1) is 17.9. The summed E-state index contributed by atoms with van der Waals surface area (Å²) >= 11 is 0. The van der Waals surface area contributed by atoms with E-state index in [1.165, 1.54) is 0 Å². The molecule has 0 bridgehead atoms. The number of carboxylic acids is 1. The Kier molecular flexibility index (Phi) is 6.61. The van der Waals surface area contributed by atoms with Crippen LogP contribution >= 0.6 is 0 Å². The van der Waals surface area contributed by atoms with Gasteiger partial charge in [0.15, 0.2) is 0 Å². The van der Waals surface area contributed by atoms with Gasteiger partial charge in [-0.3, -0.25) is 14.5 Å². The maximum Gasteiger partial charge on any atom is 0.317 e. The minimum absolute atomic E-state index is 0.0160. The number of amides is 1. The molecule has 1 unspecified atom stereocenters. The van der Waals surface area contributed by atoms with Gasteiger partial charge >= 0.3 is 5.97 Å². The number of hydrogen-bond donors (Lipinski definition) is 1. The first-order valence-electron chi connectivity index (χ1n) is 7.47. The molecule has 0 aromatic heterocycles. The Labute approximate surface area is 127 Å². The maximum atomic E-state index is 12.2. The van der Waals surface area contributed by atoms with E-state index < -0.39 is 5.97 Å². The van der Waals surface area contributed by atoms with Gasteiger partial charge in [-0.05, 0) is 18.9 Å². The lowest BCUT2D eigenvalue weighted by atomic mass is 9.90. The Bertz CT molecular complexity index is 365. The van der Waals surface area contributed by atoms with Crippen LogP contribution in [0.1, 0.15) is 33.6 Å². The molecular weight excluding hydrogens is 272 g/mol. The summed E-state index contributed by atoms with van der Waals surface area (Å²) in [6.07, 6.45) is 1.32. The standard InChI is InChI=1S/C15H28N2O4/c1-15(2,3)6-5-13(18)17-7-8-21-12(10-17)9-16(4)11-14(19)20/h12H,5-11H2,1-4H3,(H,19,20). The SMILES string of the molecule is CN(CC(=O)O)CC1CN(C(=O)CCC(C)(C)C)CCO1. The third-order valence-corrected chi connectivity index (χ3v) is 3.50. The minimum Gasteiger partial charge on any atom is -0.480 e. The zero-order valence-corrected chi connectivity index (χ0v) is 13.6. The van der Waals surface area contributed by atoms with Crippen LogP contribution in [0.5, 0.6) is 0 Å². The molecule has 0 aromatic rings. The predicted molar refractivity (Wildman–Crippen MR) is 80.1 cm³/mol. The van der Waals surface area contributed by atoms with Crippen LogP contribution in [-0.2, 0) is 14.3 Å². The van der Waals surface area contributed by atoms with Crippen LogP contribution in [0.2, 0.25) is 0 Å². The van der Waals surface area contributed by atoms with Crippen molar-refractivity contribution in [1.82, 2.24) is 9.80 Å². The molecule has 1 rings (SSSR count). The molecule has 1 amide bonds. The number of carboxylic acid groups (broad SMARTS) is 1. The Morgan fingerprint density at radius 3 is 2.62 bits per heavy atom. The lowest BCUT2D eigenvalue weighted by Crippen LogP contribution is -2.49. The molecule has 122 valence electrons. The fourth-order valence-electron chi connectivity index (χ4n) is 2.34. The average Bonchev–Trinajstić information content (AvgIpc) is 2.34. The number of rotatable bonds is 6. The highest BCUT2D eigenvalue weighted by Gasteiger charge is 2.26. The maximum absolute atomic E-state index is 12.2. The van der Waals surface area contributed by atoms with E-state index in [1.54, 1.807) is 11.9 Å². The quantitative estimate of drug-likeness (QED) is 0.794. The van der Waals surface area contributed by atoms with Gasteiger partial charge < -0.3 is 14.7 Å². The Morgan fingerprint density at radius 2 is 2.05 bits per heavy atom. The van der Waals surface area contributed by atoms with E-state index in [-0.39, 0.29) is 24.0 Å². The lowest BCUT2D eigenvalue weighted by Gasteiger charge is -2.35. The van der Waals surface area contributed by atoms with Crippen LogP contribution in [-0.4, -0.2) is 72.7 Å². The van der Waals surface area contributed by atoms with E-state index in [9.17, 15) is 9.59 Å². The third-order valence-electron chi connectivity index (χ3n) is 3.50. The topological polar surface area (TPSA) is 70.1 Å². The number of nitrogens with zero attached hydrogens (tertiary/aromatic N) is 2. The summed E-state index contributed by atoms with van der Waals surface area (Å²) in [5, 5.41) is 8.75. The van der Waals surface area contributed by atoms with Crippen molar-refractivity contribution in [3.05, 3.63) is 0 Å². The molecule has 1 saturated heterocycles. The van der Waals surface area contributed by atoms with Gasteiger partial charge in [0.05, 0.1) is 19.3 Å². The Morgan fingerprint density at radius 1 is 1.38 bits per heavy atom. The second kappa shape index (κ2) is 7.75. The van der Waals surface area contributed by atoms with Gasteiger partial charge in [0.1, 0.15) is 0 Å². The first-order valence-corrected chi connectivity index (χ1v) is 7.47. The molecule has 6 heteroatoms. The minimum atomic E-state index is -0.855. The molecule has 1 aliphatic rings. The van der Waals surface area contributed by atoms with Gasteiger partial charge in [-0.25, -0.2) is 0 Å². The molecule has 6 nitrogen and oxygen atoms in total. The molecule has 21 heavy (non-hydrogen) atoms. The molecule has 0 aliphatic carbocycles. The number of carbonyl (C=O) groups is 2. The molecule has 1 aliphatic heterocycles. The van der Waals surface area contributed by atoms with Crippen LogP contribution in [0.3, 0.4) is 0 Å². The number of carbonyl (C=O) groups excluding carboxylic acids is 1. The van der Waals surface area contributed by atoms with Gasteiger partial charge in [-0.15, -0.1) is 0 Å². The Hall–Kier alpha value is -1.14. The molecular formula is C15H28N2O4. The van der Waals surface area contributed by atoms with Crippen molar-refractivity contribution in [3.63, 3.8) is 0 Å². The molecule has 0 radical (unpaired) electrons. The number of hydrogen-bond acceptors (Lipinski definition) is 4. The van der Waals surface area contributed by atoms with Crippen LogP contribution in [0.25, 0.3) is 0 Å². The van der Waals surface area contributed by atoms with Crippen LogP contribution < -0.4 is 0 Å². The summed E-state index contributed by atoms with van der Waals surface area (Å²) < 4.78 is 5.63. The molecule has 0 spiro atoms. The molecule has 0 aromatic carbocycles. The third kappa shape index (κ3) is 7.43. The summed E-state index contributed by atoms with van der Waals surface area (Å²) in [7, 11) is 1.75. The van der Waals surface area contributed by atoms with Crippen molar-refractivity contribution >= 4 is 11.9 Å². The molecule has 1 N–H and O–H groups in total. The van der Waals surface area contributed by atoms with E-state index in [0.717, 1.165) is 6.42 Å². The normalized spacial score (nSPS) is 19.9. The number of ether oxygens (including phenoxy) is 1. The van der Waals surface area contributed by atoms with Crippen molar-refractivity contribution in [2.45, 2.75) is 39.7 Å². The van der Waals surface area contributed by atoms with Crippen molar-refractivity contribution < 1.29 is 19.4 Å². The number of morpholine rings is 1. The van der Waals surface area contributed by atoms with Gasteiger partial charge in [-0.2, -0.15) is 0 Å². The zero-order chi connectivity index (χ0) is 16.0. The van der Waals surface area contributed by atoms with Gasteiger partial charge in [0, 0.05) is 26.1 Å². The van der Waals surface area contributed by atoms with Crippen molar-refractivity contribution in [2.24, 2.45) is 5.41 Å². The summed E-state index contributed by atoms with van der Waals surface area (Å²) in [6.45, 7) is 8.59. The second-order valence-electron chi connectivity index (χ2n) is 6.98. The van der Waals surface area contributed by atoms with E-state index in [1.807, 2.05) is 4.90 Å².